The molecule has 3 N–H and O–H groups in total. The predicted octanol–water partition coefficient (Wildman–Crippen LogP) is 8.15. The van der Waals surface area contributed by atoms with Gasteiger partial charge in [0, 0.05) is 12.5 Å². The van der Waals surface area contributed by atoms with Gasteiger partial charge in [0.2, 0.25) is 5.91 Å². The van der Waals surface area contributed by atoms with Gasteiger partial charge in [-0.3, -0.25) is 15.1 Å². The number of hydrogen-bond acceptors (Lipinski definition) is 8. The van der Waals surface area contributed by atoms with E-state index in [9.17, 15) is 14.4 Å². The average molecular weight is 701 g/mol. The van der Waals surface area contributed by atoms with Crippen LogP contribution in [0.4, 0.5) is 5.82 Å². The molecule has 1 aromatic heterocycles. The van der Waals surface area contributed by atoms with Crippen LogP contribution < -0.4 is 10.8 Å². The zero-order chi connectivity index (χ0) is 37.1. The summed E-state index contributed by atoms with van der Waals surface area (Å²) in [6, 6.07) is 9.66. The number of anilines is 1. The first-order chi connectivity index (χ1) is 24.2. The van der Waals surface area contributed by atoms with Crippen LogP contribution in [0.25, 0.3) is 5.57 Å². The number of aromatic amines is 1. The summed E-state index contributed by atoms with van der Waals surface area (Å²) in [5, 5.41) is 2.79. The van der Waals surface area contributed by atoms with E-state index >= 15 is 0 Å². The van der Waals surface area contributed by atoms with Crippen LogP contribution in [-0.2, 0) is 23.9 Å². The van der Waals surface area contributed by atoms with Crippen LogP contribution in [0.15, 0.2) is 52.2 Å². The number of H-pyrrole nitrogens is 1. The normalized spacial score (nSPS) is 28.9. The first-order valence-corrected chi connectivity index (χ1v) is 18.6. The van der Waals surface area contributed by atoms with Crippen molar-refractivity contribution in [2.45, 2.75) is 107 Å². The lowest BCUT2D eigenvalue weighted by atomic mass is 9.75. The number of carbonyl (C=O) groups excluding carboxylic acids is 3. The topological polar surface area (TPSA) is 131 Å². The number of benzene rings is 1. The van der Waals surface area contributed by atoms with Gasteiger partial charge in [0.25, 0.3) is 0 Å². The second kappa shape index (κ2) is 16.0. The van der Waals surface area contributed by atoms with Crippen LogP contribution >= 0.6 is 0 Å². The number of aliphatic imine (C=N–C) groups is 1. The third-order valence-electron chi connectivity index (χ3n) is 10.8. The highest BCUT2D eigenvalue weighted by Crippen LogP contribution is 2.42. The summed E-state index contributed by atoms with van der Waals surface area (Å²) >= 11 is 0. The Morgan fingerprint density at radius 1 is 0.824 bits per heavy atom. The lowest BCUT2D eigenvalue weighted by molar-refractivity contribution is -0.152. The molecule has 51 heavy (non-hydrogen) atoms. The van der Waals surface area contributed by atoms with E-state index in [-0.39, 0.29) is 53.2 Å². The molecular weight excluding hydrogens is 644 g/mol. The van der Waals surface area contributed by atoms with Crippen LogP contribution in [0.1, 0.15) is 115 Å². The molecule has 0 bridgehead atoms. The van der Waals surface area contributed by atoms with Crippen molar-refractivity contribution >= 4 is 35.1 Å². The van der Waals surface area contributed by atoms with Crippen molar-refractivity contribution in [3.63, 3.8) is 0 Å². The fourth-order valence-electron chi connectivity index (χ4n) is 8.84. The number of hydrogen-bond donors (Lipinski definition) is 3. The van der Waals surface area contributed by atoms with Gasteiger partial charge < -0.3 is 19.8 Å². The van der Waals surface area contributed by atoms with Crippen LogP contribution in [0.3, 0.4) is 0 Å². The van der Waals surface area contributed by atoms with Gasteiger partial charge in [-0.15, -0.1) is 0 Å². The summed E-state index contributed by atoms with van der Waals surface area (Å²) in [5.74, 6) is 1.19. The molecule has 276 valence electrons. The molecular formula is C41H56N4O6. The first-order valence-electron chi connectivity index (χ1n) is 18.6. The van der Waals surface area contributed by atoms with Crippen molar-refractivity contribution in [2.75, 3.05) is 12.1 Å². The summed E-state index contributed by atoms with van der Waals surface area (Å²) < 4.78 is 12.5. The Kier molecular flexibility index (Phi) is 11.9. The van der Waals surface area contributed by atoms with E-state index in [1.54, 1.807) is 0 Å². The molecule has 2 aliphatic carbocycles. The van der Waals surface area contributed by atoms with Crippen LogP contribution in [-0.4, -0.2) is 47.5 Å². The van der Waals surface area contributed by atoms with E-state index in [4.69, 9.17) is 19.3 Å². The fraction of sp³-hybridized carbons (Fsp3) is 0.561. The van der Waals surface area contributed by atoms with Crippen LogP contribution in [0.2, 0.25) is 0 Å². The molecule has 4 atom stereocenters. The highest BCUT2D eigenvalue weighted by Gasteiger charge is 2.39. The molecule has 4 unspecified atom stereocenters. The smallest absolute Gasteiger partial charge is 0.342 e. The van der Waals surface area contributed by atoms with Crippen molar-refractivity contribution in [3.8, 4) is 0 Å². The van der Waals surface area contributed by atoms with Gasteiger partial charge in [-0.05, 0) is 98.7 Å². The number of ether oxygens (including phenoxy) is 2. The number of amides is 1. The molecule has 1 aliphatic heterocycles. The maximum absolute atomic E-state index is 14.1. The molecule has 0 radical (unpaired) electrons. The maximum Gasteiger partial charge on any atom is 0.342 e. The van der Waals surface area contributed by atoms with E-state index < -0.39 is 11.9 Å². The molecule has 1 amide bonds. The summed E-state index contributed by atoms with van der Waals surface area (Å²) in [6.07, 6.45) is 3.48. The Balaban J connectivity index is 1.64. The number of nitrogens with zero attached hydrogens (tertiary/aromatic N) is 1. The Labute approximate surface area is 302 Å². The summed E-state index contributed by atoms with van der Waals surface area (Å²) in [6.45, 7) is 20.3. The number of amidine groups is 1. The van der Waals surface area contributed by atoms with Gasteiger partial charge in [0.1, 0.15) is 35.0 Å². The minimum absolute atomic E-state index is 0.143. The van der Waals surface area contributed by atoms with Crippen molar-refractivity contribution < 1.29 is 28.7 Å². The molecule has 0 spiro atoms. The number of esters is 2. The van der Waals surface area contributed by atoms with E-state index in [2.05, 4.69) is 57.3 Å². The molecule has 0 saturated heterocycles. The minimum atomic E-state index is -0.517. The fourth-order valence-corrected chi connectivity index (χ4v) is 8.84. The first kappa shape index (κ1) is 38.1. The Morgan fingerprint density at radius 2 is 1.35 bits per heavy atom. The monoisotopic (exact) mass is 700 g/mol. The number of nitrogens with one attached hydrogen (secondary N) is 3. The standard InChI is InChI=1S/C41H56N4O6/c1-11-49-45-39-32(41(48)51-37-25(6)19-22(3)20-26(37)7)28(9)35(44-39)33(30-15-13-12-14-16-30)34-27(8)31(38(43-34)42-29(10)46)40(47)50-36-23(4)17-21(2)18-24(36)5/h12-16,21-26,36-37,44-45H,11,17-20H2,1-10H3,(H,42,43,46)/b34-33-. The second-order valence-corrected chi connectivity index (χ2v) is 15.4. The minimum Gasteiger partial charge on any atom is -0.458 e. The molecule has 5 rings (SSSR count). The summed E-state index contributed by atoms with van der Waals surface area (Å²) in [7, 11) is 0. The summed E-state index contributed by atoms with van der Waals surface area (Å²) in [5.41, 5.74) is 7.22. The van der Waals surface area contributed by atoms with Gasteiger partial charge in [-0.2, -0.15) is 0 Å². The third-order valence-corrected chi connectivity index (χ3v) is 10.8. The highest BCUT2D eigenvalue weighted by atomic mass is 16.6. The van der Waals surface area contributed by atoms with Crippen molar-refractivity contribution in [3.05, 3.63) is 69.6 Å². The predicted molar refractivity (Wildman–Crippen MR) is 200 cm³/mol. The molecule has 2 aromatic rings. The number of rotatable bonds is 9. The maximum atomic E-state index is 14.1. The molecule has 3 aliphatic rings. The molecule has 10 nitrogen and oxygen atoms in total. The number of carbonyl (C=O) groups is 3. The largest absolute Gasteiger partial charge is 0.458 e. The van der Waals surface area contributed by atoms with Crippen LogP contribution in [0.5, 0.6) is 0 Å². The second-order valence-electron chi connectivity index (χ2n) is 15.4. The van der Waals surface area contributed by atoms with Crippen LogP contribution in [0, 0.1) is 42.4 Å². The summed E-state index contributed by atoms with van der Waals surface area (Å²) in [4.78, 5) is 54.6. The molecule has 10 heteroatoms. The average Bonchev–Trinajstić information content (AvgIpc) is 3.55. The van der Waals surface area contributed by atoms with Crippen molar-refractivity contribution in [1.29, 1.82) is 0 Å². The van der Waals surface area contributed by atoms with E-state index in [1.165, 1.54) is 6.92 Å². The Morgan fingerprint density at radius 3 is 1.86 bits per heavy atom. The number of allylic oxidation sites excluding steroid dienone is 1. The lowest BCUT2D eigenvalue weighted by Gasteiger charge is -2.37. The van der Waals surface area contributed by atoms with Crippen molar-refractivity contribution in [2.24, 2.45) is 40.5 Å². The quantitative estimate of drug-likeness (QED) is 0.178. The molecule has 2 fully saturated rings. The van der Waals surface area contributed by atoms with E-state index in [1.807, 2.05) is 51.1 Å². The van der Waals surface area contributed by atoms with Crippen molar-refractivity contribution in [1.82, 2.24) is 10.3 Å². The number of aromatic nitrogens is 1. The SMILES string of the molecule is CCONc1[nH]c(/C(=C2\N=C(NC(C)=O)C(C(=O)OC3C(C)CC(C)CC3C)=C2C)c2ccccc2)c(C)c1C(=O)OC1C(C)CC(C)CC1C. The van der Waals surface area contributed by atoms with Gasteiger partial charge >= 0.3 is 11.9 Å². The van der Waals surface area contributed by atoms with E-state index in [0.29, 0.717) is 57.9 Å². The van der Waals surface area contributed by atoms with Gasteiger partial charge in [-0.1, -0.05) is 71.9 Å². The zero-order valence-corrected chi connectivity index (χ0v) is 31.9. The molecule has 2 saturated carbocycles. The highest BCUT2D eigenvalue weighted by molar-refractivity contribution is 6.25. The zero-order valence-electron chi connectivity index (χ0n) is 31.9. The Bertz CT molecular complexity index is 1700. The lowest BCUT2D eigenvalue weighted by Crippen LogP contribution is -2.39. The van der Waals surface area contributed by atoms with Gasteiger partial charge in [0.05, 0.1) is 18.0 Å². The molecule has 1 aromatic carbocycles. The van der Waals surface area contributed by atoms with E-state index in [0.717, 1.165) is 31.2 Å². The van der Waals surface area contributed by atoms with Gasteiger partial charge in [0.15, 0.2) is 0 Å². The Hall–Kier alpha value is -4.18. The molecule has 2 heterocycles. The van der Waals surface area contributed by atoms with Gasteiger partial charge in [-0.25, -0.2) is 14.6 Å². The third kappa shape index (κ3) is 8.16.